The average Bonchev–Trinajstić information content (AvgIpc) is 2.73. The molecule has 0 aliphatic rings. The summed E-state index contributed by atoms with van der Waals surface area (Å²) in [7, 11) is 0. The summed E-state index contributed by atoms with van der Waals surface area (Å²) in [6.45, 7) is 10.8. The molecule has 0 aromatic carbocycles. The Morgan fingerprint density at radius 3 is 1.73 bits per heavy atom. The van der Waals surface area contributed by atoms with E-state index in [4.69, 9.17) is 25.2 Å². The molecule has 0 aromatic rings. The van der Waals surface area contributed by atoms with E-state index in [9.17, 15) is 9.59 Å². The van der Waals surface area contributed by atoms with Crippen LogP contribution in [-0.4, -0.2) is 93.6 Å². The lowest BCUT2D eigenvalue weighted by Gasteiger charge is -2.07. The SMILES string of the molecule is Br.C=C(CBr)C(=O)OCC.C=C(CSCC(O)CO)C(=O)OCC.OCC(O)CS. The van der Waals surface area contributed by atoms with Gasteiger partial charge in [-0.25, -0.2) is 9.59 Å². The predicted molar refractivity (Wildman–Crippen MR) is 133 cm³/mol. The molecule has 0 bridgehead atoms. The summed E-state index contributed by atoms with van der Waals surface area (Å²) < 4.78 is 9.35. The quantitative estimate of drug-likeness (QED) is 0.0977. The zero-order chi connectivity index (χ0) is 23.2. The zero-order valence-electron chi connectivity index (χ0n) is 17.3. The average molecular weight is 602 g/mol. The maximum atomic E-state index is 11.0. The van der Waals surface area contributed by atoms with Crippen LogP contribution in [0.25, 0.3) is 0 Å². The standard InChI is InChI=1S/C9H16O4S.C6H9BrO2.C3H8O2S.BrH/c1-3-13-9(12)7(2)5-14-6-8(11)4-10;1-3-9-6(8)5(2)4-7;4-1-3(5)2-6;/h8,10-11H,2-6H2,1H3;2-4H2,1H3;3-6H,1-2H2;1H. The summed E-state index contributed by atoms with van der Waals surface area (Å²) in [5.41, 5.74) is 0.832. The molecule has 0 heterocycles. The minimum Gasteiger partial charge on any atom is -0.463 e. The summed E-state index contributed by atoms with van der Waals surface area (Å²) in [4.78, 5) is 21.7. The van der Waals surface area contributed by atoms with Crippen molar-refractivity contribution in [2.45, 2.75) is 26.1 Å². The van der Waals surface area contributed by atoms with Crippen molar-refractivity contribution in [3.05, 3.63) is 24.3 Å². The van der Waals surface area contributed by atoms with Gasteiger partial charge in [0.1, 0.15) is 0 Å². The van der Waals surface area contributed by atoms with Gasteiger partial charge in [0.25, 0.3) is 0 Å². The molecule has 8 nitrogen and oxygen atoms in total. The molecule has 0 rings (SSSR count). The van der Waals surface area contributed by atoms with Crippen molar-refractivity contribution in [2.24, 2.45) is 0 Å². The van der Waals surface area contributed by atoms with E-state index in [1.807, 2.05) is 0 Å². The molecule has 0 aromatic heterocycles. The Morgan fingerprint density at radius 2 is 1.43 bits per heavy atom. The molecule has 2 atom stereocenters. The predicted octanol–water partition coefficient (Wildman–Crippen LogP) is 1.54. The van der Waals surface area contributed by atoms with Gasteiger partial charge in [0.05, 0.1) is 38.6 Å². The highest BCUT2D eigenvalue weighted by Crippen LogP contribution is 2.09. The molecular weight excluding hydrogens is 568 g/mol. The van der Waals surface area contributed by atoms with Crippen molar-refractivity contribution < 1.29 is 39.5 Å². The molecule has 0 aliphatic heterocycles. The van der Waals surface area contributed by atoms with Crippen molar-refractivity contribution in [3.63, 3.8) is 0 Å². The third kappa shape index (κ3) is 26.0. The second-order valence-corrected chi connectivity index (χ2v) is 7.11. The zero-order valence-corrected chi connectivity index (χ0v) is 22.3. The molecular formula is C18H34Br2O8S2. The Hall–Kier alpha value is -0.0800. The highest BCUT2D eigenvalue weighted by molar-refractivity contribution is 9.09. The molecule has 2 unspecified atom stereocenters. The summed E-state index contributed by atoms with van der Waals surface area (Å²) in [6, 6.07) is 0. The van der Waals surface area contributed by atoms with Gasteiger partial charge in [-0.3, -0.25) is 0 Å². The summed E-state index contributed by atoms with van der Waals surface area (Å²) >= 11 is 8.11. The molecule has 0 fully saturated rings. The number of rotatable bonds is 12. The van der Waals surface area contributed by atoms with Crippen LogP contribution in [0.4, 0.5) is 0 Å². The first kappa shape index (κ1) is 37.2. The van der Waals surface area contributed by atoms with Crippen LogP contribution in [-0.2, 0) is 19.1 Å². The van der Waals surface area contributed by atoms with Gasteiger partial charge in [-0.05, 0) is 13.8 Å². The molecule has 30 heavy (non-hydrogen) atoms. The first-order valence-electron chi connectivity index (χ1n) is 8.66. The van der Waals surface area contributed by atoms with Gasteiger partial charge in [-0.15, -0.1) is 17.0 Å². The number of aliphatic hydroxyl groups is 4. The molecule has 180 valence electrons. The van der Waals surface area contributed by atoms with Gasteiger partial charge < -0.3 is 29.9 Å². The fourth-order valence-corrected chi connectivity index (χ4v) is 2.21. The Kier molecular flexibility index (Phi) is 33.5. The highest BCUT2D eigenvalue weighted by Gasteiger charge is 2.09. The number of esters is 2. The van der Waals surface area contributed by atoms with Crippen molar-refractivity contribution >= 4 is 69.2 Å². The van der Waals surface area contributed by atoms with Crippen LogP contribution < -0.4 is 0 Å². The fraction of sp³-hybridized carbons (Fsp3) is 0.667. The first-order chi connectivity index (χ1) is 13.6. The second-order valence-electron chi connectivity index (χ2n) is 5.15. The van der Waals surface area contributed by atoms with Crippen LogP contribution in [0, 0.1) is 0 Å². The molecule has 0 aliphatic carbocycles. The molecule has 0 spiro atoms. The van der Waals surface area contributed by atoms with Crippen molar-refractivity contribution in [1.29, 1.82) is 0 Å². The van der Waals surface area contributed by atoms with Gasteiger partial charge in [0.15, 0.2) is 0 Å². The van der Waals surface area contributed by atoms with Gasteiger partial charge in [-0.1, -0.05) is 29.1 Å². The summed E-state index contributed by atoms with van der Waals surface area (Å²) in [5, 5.41) is 34.4. The lowest BCUT2D eigenvalue weighted by molar-refractivity contribution is -0.139. The number of aliphatic hydroxyl groups excluding tert-OH is 4. The van der Waals surface area contributed by atoms with Crippen molar-refractivity contribution in [3.8, 4) is 0 Å². The smallest absolute Gasteiger partial charge is 0.334 e. The largest absolute Gasteiger partial charge is 0.463 e. The first-order valence-corrected chi connectivity index (χ1v) is 11.6. The van der Waals surface area contributed by atoms with Crippen molar-refractivity contribution in [2.75, 3.05) is 49.0 Å². The van der Waals surface area contributed by atoms with Crippen LogP contribution in [0.2, 0.25) is 0 Å². The molecule has 0 radical (unpaired) electrons. The van der Waals surface area contributed by atoms with E-state index < -0.39 is 18.2 Å². The Morgan fingerprint density at radius 1 is 1.00 bits per heavy atom. The maximum Gasteiger partial charge on any atom is 0.334 e. The monoisotopic (exact) mass is 600 g/mol. The third-order valence-electron chi connectivity index (χ3n) is 2.51. The molecule has 0 amide bonds. The lowest BCUT2D eigenvalue weighted by Crippen LogP contribution is -2.16. The van der Waals surface area contributed by atoms with Gasteiger partial charge in [-0.2, -0.15) is 24.4 Å². The van der Waals surface area contributed by atoms with Crippen LogP contribution in [0.3, 0.4) is 0 Å². The number of thioether (sulfide) groups is 1. The van der Waals surface area contributed by atoms with Gasteiger partial charge >= 0.3 is 11.9 Å². The Balaban J connectivity index is -0.000000182. The van der Waals surface area contributed by atoms with Gasteiger partial charge in [0, 0.05) is 33.7 Å². The molecule has 4 N–H and O–H groups in total. The lowest BCUT2D eigenvalue weighted by atomic mass is 10.4. The third-order valence-corrected chi connectivity index (χ3v) is 4.78. The van der Waals surface area contributed by atoms with E-state index in [2.05, 4.69) is 46.5 Å². The highest BCUT2D eigenvalue weighted by atomic mass is 79.9. The summed E-state index contributed by atoms with van der Waals surface area (Å²) in [6.07, 6.45) is -1.39. The van der Waals surface area contributed by atoms with E-state index in [-0.39, 0.29) is 36.2 Å². The van der Waals surface area contributed by atoms with E-state index in [0.29, 0.717) is 46.9 Å². The van der Waals surface area contributed by atoms with Crippen LogP contribution in [0.5, 0.6) is 0 Å². The minimum atomic E-state index is -0.741. The number of thiol groups is 1. The molecule has 0 saturated heterocycles. The molecule has 12 heteroatoms. The van der Waals surface area contributed by atoms with E-state index in [0.717, 1.165) is 0 Å². The Labute approximate surface area is 207 Å². The normalized spacial score (nSPS) is 11.2. The number of alkyl halides is 1. The van der Waals surface area contributed by atoms with E-state index in [1.54, 1.807) is 13.8 Å². The van der Waals surface area contributed by atoms with E-state index in [1.165, 1.54) is 11.8 Å². The second kappa shape index (κ2) is 27.0. The van der Waals surface area contributed by atoms with E-state index >= 15 is 0 Å². The maximum absolute atomic E-state index is 11.0. The number of carbonyl (C=O) groups excluding carboxylic acids is 2. The Bertz CT molecular complexity index is 463. The van der Waals surface area contributed by atoms with Gasteiger partial charge in [0.2, 0.25) is 0 Å². The number of carbonyl (C=O) groups is 2. The fourth-order valence-electron chi connectivity index (χ4n) is 1.01. The van der Waals surface area contributed by atoms with Crippen LogP contribution >= 0.6 is 57.3 Å². The molecule has 0 saturated carbocycles. The van der Waals surface area contributed by atoms with Crippen molar-refractivity contribution in [1.82, 2.24) is 0 Å². The summed E-state index contributed by atoms with van der Waals surface area (Å²) in [5.74, 6) is 0.397. The topological polar surface area (TPSA) is 134 Å². The number of halogens is 2. The number of hydrogen-bond donors (Lipinski definition) is 5. The number of hydrogen-bond acceptors (Lipinski definition) is 10. The van der Waals surface area contributed by atoms with Crippen LogP contribution in [0.1, 0.15) is 13.8 Å². The van der Waals surface area contributed by atoms with Crippen LogP contribution in [0.15, 0.2) is 24.3 Å². The number of ether oxygens (including phenoxy) is 2. The minimum absolute atomic E-state index is 0.